The molecule has 0 aromatic heterocycles. The number of carbonyl (C=O) groups is 2. The molecule has 0 radical (unpaired) electrons. The van der Waals surface area contributed by atoms with Crippen molar-refractivity contribution in [3.8, 4) is 0 Å². The van der Waals surface area contributed by atoms with E-state index in [0.717, 1.165) is 6.42 Å². The maximum absolute atomic E-state index is 11.5. The van der Waals surface area contributed by atoms with E-state index in [9.17, 15) is 9.59 Å². The molecular formula is C11H17NO3. The first kappa shape index (κ1) is 10.5. The van der Waals surface area contributed by atoms with Gasteiger partial charge in [-0.1, -0.05) is 0 Å². The van der Waals surface area contributed by atoms with E-state index in [1.807, 2.05) is 0 Å². The average molecular weight is 211 g/mol. The third-order valence-electron chi connectivity index (χ3n) is 3.32. The Balaban J connectivity index is 1.71. The monoisotopic (exact) mass is 211 g/mol. The Morgan fingerprint density at radius 2 is 1.93 bits per heavy atom. The molecule has 0 aromatic carbocycles. The zero-order chi connectivity index (χ0) is 10.8. The number of carboxylic acid groups (broad SMARTS) is 1. The van der Waals surface area contributed by atoms with Gasteiger partial charge in [-0.05, 0) is 38.0 Å². The van der Waals surface area contributed by atoms with Crippen molar-refractivity contribution in [3.05, 3.63) is 0 Å². The summed E-state index contributed by atoms with van der Waals surface area (Å²) in [6, 6.07) is 0.0948. The molecule has 4 nitrogen and oxygen atoms in total. The predicted octanol–water partition coefficient (Wildman–Crippen LogP) is 1.16. The summed E-state index contributed by atoms with van der Waals surface area (Å²) >= 11 is 0. The van der Waals surface area contributed by atoms with Crippen LogP contribution < -0.4 is 5.32 Å². The Hall–Kier alpha value is -1.06. The zero-order valence-corrected chi connectivity index (χ0v) is 8.74. The lowest BCUT2D eigenvalue weighted by molar-refractivity contribution is -0.141. The van der Waals surface area contributed by atoms with Crippen LogP contribution in [0.3, 0.4) is 0 Å². The second-order valence-corrected chi connectivity index (χ2v) is 4.76. The normalized spacial score (nSPS) is 30.1. The summed E-state index contributed by atoms with van der Waals surface area (Å²) in [5, 5.41) is 11.7. The van der Waals surface area contributed by atoms with Crippen LogP contribution in [0.5, 0.6) is 0 Å². The van der Waals surface area contributed by atoms with E-state index in [2.05, 4.69) is 5.32 Å². The smallest absolute Gasteiger partial charge is 0.306 e. The van der Waals surface area contributed by atoms with E-state index < -0.39 is 5.97 Å². The van der Waals surface area contributed by atoms with Gasteiger partial charge in [-0.3, -0.25) is 9.59 Å². The van der Waals surface area contributed by atoms with Crippen molar-refractivity contribution in [1.82, 2.24) is 5.32 Å². The van der Waals surface area contributed by atoms with Crippen LogP contribution in [0.1, 0.15) is 38.5 Å². The van der Waals surface area contributed by atoms with Gasteiger partial charge in [0.2, 0.25) is 5.91 Å². The summed E-state index contributed by atoms with van der Waals surface area (Å²) in [5.74, 6) is -0.277. The van der Waals surface area contributed by atoms with E-state index in [1.54, 1.807) is 0 Å². The fraction of sp³-hybridized carbons (Fsp3) is 0.818. The van der Waals surface area contributed by atoms with Crippen molar-refractivity contribution < 1.29 is 14.7 Å². The van der Waals surface area contributed by atoms with Crippen LogP contribution in [0.4, 0.5) is 0 Å². The topological polar surface area (TPSA) is 66.4 Å². The van der Waals surface area contributed by atoms with Crippen LogP contribution in [0.15, 0.2) is 0 Å². The van der Waals surface area contributed by atoms with Gasteiger partial charge in [-0.25, -0.2) is 0 Å². The van der Waals surface area contributed by atoms with E-state index in [0.29, 0.717) is 25.2 Å². The summed E-state index contributed by atoms with van der Waals surface area (Å²) < 4.78 is 0. The summed E-state index contributed by atoms with van der Waals surface area (Å²) in [6.07, 6.45) is 5.10. The van der Waals surface area contributed by atoms with Gasteiger partial charge in [0, 0.05) is 12.5 Å². The number of rotatable bonds is 4. The van der Waals surface area contributed by atoms with Gasteiger partial charge in [-0.15, -0.1) is 0 Å². The molecule has 84 valence electrons. The van der Waals surface area contributed by atoms with E-state index >= 15 is 0 Å². The second kappa shape index (κ2) is 4.21. The number of aliphatic carboxylic acids is 1. The van der Waals surface area contributed by atoms with Crippen molar-refractivity contribution >= 4 is 11.9 Å². The Kier molecular flexibility index (Phi) is 2.93. The van der Waals surface area contributed by atoms with E-state index in [1.165, 1.54) is 12.8 Å². The highest BCUT2D eigenvalue weighted by atomic mass is 16.4. The first-order valence-electron chi connectivity index (χ1n) is 5.67. The van der Waals surface area contributed by atoms with Gasteiger partial charge in [0.25, 0.3) is 0 Å². The minimum absolute atomic E-state index is 0.0948. The van der Waals surface area contributed by atoms with Crippen molar-refractivity contribution in [2.45, 2.75) is 44.6 Å². The number of carbonyl (C=O) groups excluding carboxylic acids is 1. The standard InChI is InChI=1S/C11H17NO3/c13-10(5-7-1-2-7)12-9-4-3-8(6-9)11(14)15/h7-9H,1-6H2,(H,12,13)(H,14,15). The molecule has 0 saturated heterocycles. The van der Waals surface area contributed by atoms with Crippen molar-refractivity contribution in [2.24, 2.45) is 11.8 Å². The van der Waals surface area contributed by atoms with E-state index in [-0.39, 0.29) is 17.9 Å². The number of hydrogen-bond donors (Lipinski definition) is 2. The third kappa shape index (κ3) is 2.94. The molecule has 2 aliphatic carbocycles. The molecule has 0 bridgehead atoms. The first-order valence-corrected chi connectivity index (χ1v) is 5.67. The molecule has 1 amide bonds. The summed E-state index contributed by atoms with van der Waals surface area (Å²) in [5.41, 5.74) is 0. The van der Waals surface area contributed by atoms with Gasteiger partial charge >= 0.3 is 5.97 Å². The second-order valence-electron chi connectivity index (χ2n) is 4.76. The first-order chi connectivity index (χ1) is 7.15. The van der Waals surface area contributed by atoms with Crippen molar-refractivity contribution in [2.75, 3.05) is 0 Å². The molecule has 2 fully saturated rings. The fourth-order valence-electron chi connectivity index (χ4n) is 2.21. The van der Waals surface area contributed by atoms with Crippen LogP contribution in [-0.2, 0) is 9.59 Å². The maximum atomic E-state index is 11.5. The number of hydrogen-bond acceptors (Lipinski definition) is 2. The molecule has 0 heterocycles. The highest BCUT2D eigenvalue weighted by molar-refractivity contribution is 5.77. The van der Waals surface area contributed by atoms with Crippen LogP contribution in [0, 0.1) is 11.8 Å². The van der Waals surface area contributed by atoms with Crippen LogP contribution in [-0.4, -0.2) is 23.0 Å². The third-order valence-corrected chi connectivity index (χ3v) is 3.32. The van der Waals surface area contributed by atoms with Crippen LogP contribution in [0.25, 0.3) is 0 Å². The van der Waals surface area contributed by atoms with Crippen LogP contribution in [0.2, 0.25) is 0 Å². The molecule has 0 aliphatic heterocycles. The Labute approximate surface area is 89.0 Å². The molecule has 2 atom stereocenters. The fourth-order valence-corrected chi connectivity index (χ4v) is 2.21. The van der Waals surface area contributed by atoms with Gasteiger partial charge in [0.05, 0.1) is 5.92 Å². The summed E-state index contributed by atoms with van der Waals surface area (Å²) in [7, 11) is 0. The van der Waals surface area contributed by atoms with Crippen LogP contribution >= 0.6 is 0 Å². The van der Waals surface area contributed by atoms with Gasteiger partial charge < -0.3 is 10.4 Å². The van der Waals surface area contributed by atoms with Gasteiger partial charge in [0.15, 0.2) is 0 Å². The highest BCUT2D eigenvalue weighted by Gasteiger charge is 2.31. The summed E-state index contributed by atoms with van der Waals surface area (Å²) in [6.45, 7) is 0. The summed E-state index contributed by atoms with van der Waals surface area (Å²) in [4.78, 5) is 22.2. The van der Waals surface area contributed by atoms with Crippen molar-refractivity contribution in [3.63, 3.8) is 0 Å². The van der Waals surface area contributed by atoms with Gasteiger partial charge in [-0.2, -0.15) is 0 Å². The Morgan fingerprint density at radius 3 is 2.47 bits per heavy atom. The molecule has 2 aliphatic rings. The number of carboxylic acids is 1. The van der Waals surface area contributed by atoms with Gasteiger partial charge in [0.1, 0.15) is 0 Å². The zero-order valence-electron chi connectivity index (χ0n) is 8.74. The largest absolute Gasteiger partial charge is 0.481 e. The molecule has 15 heavy (non-hydrogen) atoms. The highest BCUT2D eigenvalue weighted by Crippen LogP contribution is 2.32. The molecule has 2 N–H and O–H groups in total. The quantitative estimate of drug-likeness (QED) is 0.733. The van der Waals surface area contributed by atoms with Crippen molar-refractivity contribution in [1.29, 1.82) is 0 Å². The Morgan fingerprint density at radius 1 is 1.20 bits per heavy atom. The minimum atomic E-state index is -0.728. The predicted molar refractivity (Wildman–Crippen MR) is 54.2 cm³/mol. The Bertz CT molecular complexity index is 273. The average Bonchev–Trinajstić information content (AvgIpc) is 2.82. The molecule has 2 rings (SSSR count). The molecule has 0 spiro atoms. The number of amides is 1. The molecule has 2 unspecified atom stereocenters. The molecule has 4 heteroatoms. The van der Waals surface area contributed by atoms with E-state index in [4.69, 9.17) is 5.11 Å². The maximum Gasteiger partial charge on any atom is 0.306 e. The number of nitrogens with one attached hydrogen (secondary N) is 1. The lowest BCUT2D eigenvalue weighted by atomic mass is 10.1. The molecular weight excluding hydrogens is 194 g/mol. The lowest BCUT2D eigenvalue weighted by Crippen LogP contribution is -2.33. The minimum Gasteiger partial charge on any atom is -0.481 e. The lowest BCUT2D eigenvalue weighted by Gasteiger charge is -2.11. The molecule has 2 saturated carbocycles. The SMILES string of the molecule is O=C(CC1CC1)NC1CCC(C(=O)O)C1. The molecule has 0 aromatic rings.